The Morgan fingerprint density at radius 1 is 1.36 bits per heavy atom. The predicted molar refractivity (Wildman–Crippen MR) is 81.4 cm³/mol. The molecule has 0 aliphatic carbocycles. The van der Waals surface area contributed by atoms with Crippen LogP contribution in [0.4, 0.5) is 4.79 Å². The molecule has 2 amide bonds. The van der Waals surface area contributed by atoms with Crippen LogP contribution < -0.4 is 5.32 Å². The van der Waals surface area contributed by atoms with Crippen molar-refractivity contribution in [2.75, 3.05) is 6.54 Å². The van der Waals surface area contributed by atoms with E-state index >= 15 is 0 Å². The summed E-state index contributed by atoms with van der Waals surface area (Å²) in [6, 6.07) is 9.58. The van der Waals surface area contributed by atoms with Crippen molar-refractivity contribution in [1.82, 2.24) is 10.2 Å². The molecule has 0 saturated carbocycles. The maximum Gasteiger partial charge on any atom is 0.414 e. The first-order valence-corrected chi connectivity index (χ1v) is 7.60. The third-order valence-corrected chi connectivity index (χ3v) is 4.13. The Balaban J connectivity index is 1.70. The predicted octanol–water partition coefficient (Wildman–Crippen LogP) is 2.64. The number of rotatable bonds is 3. The summed E-state index contributed by atoms with van der Waals surface area (Å²) in [5.41, 5.74) is 2.63. The van der Waals surface area contributed by atoms with Gasteiger partial charge in [0.05, 0.1) is 11.6 Å². The second-order valence-electron chi connectivity index (χ2n) is 6.02. The van der Waals surface area contributed by atoms with Crippen molar-refractivity contribution < 1.29 is 14.3 Å². The highest BCUT2D eigenvalue weighted by Gasteiger charge is 2.43. The van der Waals surface area contributed by atoms with Gasteiger partial charge in [0.1, 0.15) is 6.61 Å². The normalized spacial score (nSPS) is 20.4. The van der Waals surface area contributed by atoms with E-state index in [1.54, 1.807) is 4.90 Å². The molecule has 1 N–H and O–H groups in total. The van der Waals surface area contributed by atoms with E-state index in [0.717, 1.165) is 17.0 Å². The van der Waals surface area contributed by atoms with Crippen molar-refractivity contribution in [2.24, 2.45) is 11.8 Å². The van der Waals surface area contributed by atoms with Crippen LogP contribution in [0.1, 0.15) is 25.8 Å². The van der Waals surface area contributed by atoms with E-state index in [4.69, 9.17) is 4.74 Å². The average molecular weight is 300 g/mol. The molecule has 0 aromatic heterocycles. The second kappa shape index (κ2) is 5.83. The number of nitrogens with one attached hydrogen (secondary N) is 1. The van der Waals surface area contributed by atoms with Gasteiger partial charge in [-0.25, -0.2) is 4.79 Å². The van der Waals surface area contributed by atoms with E-state index < -0.39 is 0 Å². The lowest BCUT2D eigenvalue weighted by Gasteiger charge is -2.24. The Morgan fingerprint density at radius 2 is 2.09 bits per heavy atom. The molecule has 0 bridgehead atoms. The minimum absolute atomic E-state index is 0.0134. The molecule has 116 valence electrons. The molecule has 0 unspecified atom stereocenters. The summed E-state index contributed by atoms with van der Waals surface area (Å²) < 4.78 is 5.40. The van der Waals surface area contributed by atoms with Gasteiger partial charge in [0.15, 0.2) is 0 Å². The van der Waals surface area contributed by atoms with Gasteiger partial charge in [-0.15, -0.1) is 0 Å². The van der Waals surface area contributed by atoms with E-state index in [2.05, 4.69) is 5.32 Å². The van der Waals surface area contributed by atoms with Crippen LogP contribution in [0.15, 0.2) is 41.7 Å². The van der Waals surface area contributed by atoms with Gasteiger partial charge in [-0.05, 0) is 11.5 Å². The lowest BCUT2D eigenvalue weighted by atomic mass is 9.93. The maximum absolute atomic E-state index is 12.4. The van der Waals surface area contributed by atoms with Crippen LogP contribution in [-0.2, 0) is 16.1 Å². The summed E-state index contributed by atoms with van der Waals surface area (Å²) in [6.07, 6.45) is 0.307. The monoisotopic (exact) mass is 300 g/mol. The highest BCUT2D eigenvalue weighted by Crippen LogP contribution is 2.37. The quantitative estimate of drug-likeness (QED) is 0.933. The smallest absolute Gasteiger partial charge is 0.414 e. The third-order valence-electron chi connectivity index (χ3n) is 4.13. The van der Waals surface area contributed by atoms with Gasteiger partial charge in [0.25, 0.3) is 0 Å². The number of amides is 2. The summed E-state index contributed by atoms with van der Waals surface area (Å²) in [6.45, 7) is 4.80. The van der Waals surface area contributed by atoms with Crippen molar-refractivity contribution in [3.05, 3.63) is 47.3 Å². The molecule has 1 aromatic carbocycles. The standard InChI is InChI=1S/C17H20N2O3/c1-11(2)14-15-13(18-16(14)20)8-9-19(15)17(21)22-10-12-6-4-3-5-7-12/h3-7,11,14H,8-10H2,1-2H3,(H,18,20)/t14-/m1/s1. The first-order chi connectivity index (χ1) is 10.6. The molecule has 1 atom stereocenters. The Bertz CT molecular complexity index is 622. The summed E-state index contributed by atoms with van der Waals surface area (Å²) in [7, 11) is 0. The highest BCUT2D eigenvalue weighted by molar-refractivity contribution is 5.89. The molecule has 0 spiro atoms. The third kappa shape index (κ3) is 2.58. The molecule has 0 radical (unpaired) electrons. The van der Waals surface area contributed by atoms with Crippen LogP contribution in [0.3, 0.4) is 0 Å². The van der Waals surface area contributed by atoms with Crippen molar-refractivity contribution >= 4 is 12.0 Å². The molecular formula is C17H20N2O3. The van der Waals surface area contributed by atoms with Crippen LogP contribution in [0, 0.1) is 11.8 Å². The van der Waals surface area contributed by atoms with Crippen molar-refractivity contribution in [3.63, 3.8) is 0 Å². The lowest BCUT2D eigenvalue weighted by molar-refractivity contribution is -0.123. The zero-order chi connectivity index (χ0) is 15.7. The molecule has 2 heterocycles. The molecule has 3 rings (SSSR count). The molecule has 0 saturated heterocycles. The molecule has 22 heavy (non-hydrogen) atoms. The number of nitrogens with zero attached hydrogens (tertiary/aromatic N) is 1. The van der Waals surface area contributed by atoms with Crippen LogP contribution in [0.5, 0.6) is 0 Å². The summed E-state index contributed by atoms with van der Waals surface area (Å²) in [5.74, 6) is -0.127. The zero-order valence-electron chi connectivity index (χ0n) is 12.8. The fourth-order valence-corrected chi connectivity index (χ4v) is 3.07. The SMILES string of the molecule is CC(C)[C@H]1C(=O)NC2=C1N(C(=O)OCc1ccccc1)CC2. The topological polar surface area (TPSA) is 58.6 Å². The number of ether oxygens (including phenoxy) is 1. The van der Waals surface area contributed by atoms with E-state index in [-0.39, 0.29) is 30.4 Å². The molecule has 1 aromatic rings. The fraction of sp³-hybridized carbons (Fsp3) is 0.412. The Morgan fingerprint density at radius 3 is 2.77 bits per heavy atom. The summed E-state index contributed by atoms with van der Waals surface area (Å²) in [5, 5.41) is 2.90. The van der Waals surface area contributed by atoms with Gasteiger partial charge < -0.3 is 10.1 Å². The summed E-state index contributed by atoms with van der Waals surface area (Å²) >= 11 is 0. The van der Waals surface area contributed by atoms with Crippen LogP contribution in [0.2, 0.25) is 0 Å². The maximum atomic E-state index is 12.4. The fourth-order valence-electron chi connectivity index (χ4n) is 3.07. The van der Waals surface area contributed by atoms with Crippen LogP contribution >= 0.6 is 0 Å². The number of benzene rings is 1. The van der Waals surface area contributed by atoms with E-state index in [0.29, 0.717) is 13.0 Å². The van der Waals surface area contributed by atoms with Crippen molar-refractivity contribution in [3.8, 4) is 0 Å². The zero-order valence-corrected chi connectivity index (χ0v) is 12.8. The summed E-state index contributed by atoms with van der Waals surface area (Å²) in [4.78, 5) is 26.0. The van der Waals surface area contributed by atoms with E-state index in [1.807, 2.05) is 44.2 Å². The minimum atomic E-state index is -0.379. The number of hydrogen-bond acceptors (Lipinski definition) is 3. The first kappa shape index (κ1) is 14.6. The van der Waals surface area contributed by atoms with Crippen molar-refractivity contribution in [1.29, 1.82) is 0 Å². The Kier molecular flexibility index (Phi) is 3.88. The highest BCUT2D eigenvalue weighted by atomic mass is 16.6. The molecule has 5 nitrogen and oxygen atoms in total. The number of carbonyl (C=O) groups is 2. The Labute approximate surface area is 129 Å². The lowest BCUT2D eigenvalue weighted by Crippen LogP contribution is -2.36. The molecular weight excluding hydrogens is 280 g/mol. The van der Waals surface area contributed by atoms with Gasteiger partial charge in [0.2, 0.25) is 5.91 Å². The molecule has 2 aliphatic heterocycles. The first-order valence-electron chi connectivity index (χ1n) is 7.60. The average Bonchev–Trinajstić information content (AvgIpc) is 3.03. The van der Waals surface area contributed by atoms with Crippen LogP contribution in [0.25, 0.3) is 0 Å². The van der Waals surface area contributed by atoms with Gasteiger partial charge in [-0.3, -0.25) is 9.69 Å². The van der Waals surface area contributed by atoms with E-state index in [1.165, 1.54) is 0 Å². The van der Waals surface area contributed by atoms with Crippen molar-refractivity contribution in [2.45, 2.75) is 26.9 Å². The minimum Gasteiger partial charge on any atom is -0.444 e. The molecule has 5 heteroatoms. The Hall–Kier alpha value is -2.30. The van der Waals surface area contributed by atoms with Gasteiger partial charge in [-0.1, -0.05) is 44.2 Å². The second-order valence-corrected chi connectivity index (χ2v) is 6.02. The number of carbonyl (C=O) groups excluding carboxylic acids is 2. The van der Waals surface area contributed by atoms with E-state index in [9.17, 15) is 9.59 Å². The van der Waals surface area contributed by atoms with Gasteiger partial charge in [-0.2, -0.15) is 0 Å². The largest absolute Gasteiger partial charge is 0.444 e. The van der Waals surface area contributed by atoms with Gasteiger partial charge in [0, 0.05) is 18.7 Å². The molecule has 0 fully saturated rings. The molecule has 2 aliphatic rings. The van der Waals surface area contributed by atoms with Gasteiger partial charge >= 0.3 is 6.09 Å². The number of hydrogen-bond donors (Lipinski definition) is 1. The van der Waals surface area contributed by atoms with Crippen LogP contribution in [-0.4, -0.2) is 23.4 Å².